The first-order chi connectivity index (χ1) is 16.2. The summed E-state index contributed by atoms with van der Waals surface area (Å²) in [5.74, 6) is 2.27. The van der Waals surface area contributed by atoms with E-state index in [1.54, 1.807) is 7.11 Å². The highest BCUT2D eigenvalue weighted by molar-refractivity contribution is 7.99. The average molecular weight is 461 g/mol. The molecule has 1 heterocycles. The molecule has 0 aliphatic rings. The second-order valence-electron chi connectivity index (χ2n) is 7.08. The summed E-state index contributed by atoms with van der Waals surface area (Å²) in [7, 11) is 1.62. The lowest BCUT2D eigenvalue weighted by Gasteiger charge is -2.11. The van der Waals surface area contributed by atoms with Crippen molar-refractivity contribution in [1.29, 1.82) is 0 Å². The Morgan fingerprint density at radius 2 is 1.58 bits per heavy atom. The van der Waals surface area contributed by atoms with Crippen molar-refractivity contribution >= 4 is 17.7 Å². The van der Waals surface area contributed by atoms with Crippen LogP contribution in [0.1, 0.15) is 11.4 Å². The van der Waals surface area contributed by atoms with Gasteiger partial charge in [0.15, 0.2) is 11.0 Å². The Bertz CT molecular complexity index is 1170. The number of carbonyl (C=O) groups is 1. The Morgan fingerprint density at radius 3 is 2.27 bits per heavy atom. The number of nitrogens with zero attached hydrogens (tertiary/aromatic N) is 3. The van der Waals surface area contributed by atoms with Crippen LogP contribution in [0.3, 0.4) is 0 Å². The molecule has 0 radical (unpaired) electrons. The number of carbonyl (C=O) groups excluding carboxylic acids is 1. The van der Waals surface area contributed by atoms with Gasteiger partial charge in [0.05, 0.1) is 12.9 Å². The lowest BCUT2D eigenvalue weighted by Crippen LogP contribution is -2.24. The van der Waals surface area contributed by atoms with Crippen LogP contribution in [-0.4, -0.2) is 33.5 Å². The number of thioether (sulfide) groups is 1. The number of nitrogens with one attached hydrogen (secondary N) is 1. The maximum absolute atomic E-state index is 12.4. The van der Waals surface area contributed by atoms with E-state index < -0.39 is 0 Å². The van der Waals surface area contributed by atoms with E-state index in [1.165, 1.54) is 11.8 Å². The summed E-state index contributed by atoms with van der Waals surface area (Å²) in [6, 6.07) is 27.0. The van der Waals surface area contributed by atoms with E-state index in [2.05, 4.69) is 15.5 Å². The molecule has 0 spiro atoms. The molecule has 0 saturated carbocycles. The zero-order valence-corrected chi connectivity index (χ0v) is 19.0. The van der Waals surface area contributed by atoms with E-state index in [4.69, 9.17) is 9.47 Å². The van der Waals surface area contributed by atoms with Gasteiger partial charge in [0.25, 0.3) is 0 Å². The Morgan fingerprint density at radius 1 is 0.909 bits per heavy atom. The van der Waals surface area contributed by atoms with Crippen molar-refractivity contribution in [2.24, 2.45) is 0 Å². The smallest absolute Gasteiger partial charge is 0.230 e. The van der Waals surface area contributed by atoms with Crippen LogP contribution < -0.4 is 14.8 Å². The average Bonchev–Trinajstić information content (AvgIpc) is 3.29. The van der Waals surface area contributed by atoms with Crippen molar-refractivity contribution in [2.45, 2.75) is 18.3 Å². The van der Waals surface area contributed by atoms with Crippen molar-refractivity contribution in [3.8, 4) is 17.2 Å². The minimum absolute atomic E-state index is 0.0671. The van der Waals surface area contributed by atoms with Crippen LogP contribution in [0, 0.1) is 0 Å². The molecule has 3 aromatic carbocycles. The molecule has 0 aliphatic carbocycles. The van der Waals surface area contributed by atoms with Crippen LogP contribution in [0.5, 0.6) is 11.5 Å². The number of hydrogen-bond acceptors (Lipinski definition) is 6. The fraction of sp³-hybridized carbons (Fsp3) is 0.160. The number of amides is 1. The number of benzene rings is 3. The molecule has 4 rings (SSSR count). The lowest BCUT2D eigenvalue weighted by molar-refractivity contribution is -0.118. The van der Waals surface area contributed by atoms with Gasteiger partial charge in [-0.05, 0) is 42.0 Å². The Hall–Kier alpha value is -3.78. The maximum Gasteiger partial charge on any atom is 0.230 e. The monoisotopic (exact) mass is 460 g/mol. The van der Waals surface area contributed by atoms with Crippen molar-refractivity contribution in [1.82, 2.24) is 20.1 Å². The summed E-state index contributed by atoms with van der Waals surface area (Å²) in [5.41, 5.74) is 1.96. The molecule has 33 heavy (non-hydrogen) atoms. The summed E-state index contributed by atoms with van der Waals surface area (Å²) in [4.78, 5) is 12.4. The molecule has 1 amide bonds. The second kappa shape index (κ2) is 11.2. The molecule has 0 saturated heterocycles. The maximum atomic E-state index is 12.4. The summed E-state index contributed by atoms with van der Waals surface area (Å²) in [6.45, 7) is 0.724. The van der Waals surface area contributed by atoms with Gasteiger partial charge in [-0.25, -0.2) is 0 Å². The summed E-state index contributed by atoms with van der Waals surface area (Å²) in [6.07, 6.45) is 0. The molecule has 0 fully saturated rings. The molecule has 1 N–H and O–H groups in total. The summed E-state index contributed by atoms with van der Waals surface area (Å²) in [5, 5.41) is 12.2. The van der Waals surface area contributed by atoms with Gasteiger partial charge in [-0.1, -0.05) is 60.3 Å². The first-order valence-corrected chi connectivity index (χ1v) is 11.4. The van der Waals surface area contributed by atoms with Crippen molar-refractivity contribution < 1.29 is 14.3 Å². The number of rotatable bonds is 10. The fourth-order valence-corrected chi connectivity index (χ4v) is 3.92. The molecule has 0 aliphatic heterocycles. The minimum atomic E-state index is -0.0671. The molecule has 8 heteroatoms. The highest BCUT2D eigenvalue weighted by atomic mass is 32.2. The molecule has 7 nitrogen and oxygen atoms in total. The van der Waals surface area contributed by atoms with Gasteiger partial charge in [-0.3, -0.25) is 9.36 Å². The lowest BCUT2D eigenvalue weighted by atomic mass is 10.2. The van der Waals surface area contributed by atoms with Gasteiger partial charge in [-0.2, -0.15) is 0 Å². The number of ether oxygens (including phenoxy) is 2. The molecule has 0 atom stereocenters. The standard InChI is InChI=1S/C25H24N4O3S/c1-31-21-12-14-22(15-13-21)32-17-23-27-28-25(29(23)20-10-6-3-7-11-20)33-18-24(30)26-16-19-8-4-2-5-9-19/h2-15H,16-18H2,1H3,(H,26,30). The third-order valence-corrected chi connectivity index (χ3v) is 5.74. The van der Waals surface area contributed by atoms with Crippen LogP contribution in [0.15, 0.2) is 90.1 Å². The number of para-hydroxylation sites is 1. The predicted molar refractivity (Wildman–Crippen MR) is 128 cm³/mol. The quantitative estimate of drug-likeness (QED) is 0.356. The molecule has 0 bridgehead atoms. The van der Waals surface area contributed by atoms with E-state index >= 15 is 0 Å². The first kappa shape index (κ1) is 22.4. The largest absolute Gasteiger partial charge is 0.497 e. The Balaban J connectivity index is 1.43. The van der Waals surface area contributed by atoms with Crippen molar-refractivity contribution in [3.63, 3.8) is 0 Å². The zero-order valence-electron chi connectivity index (χ0n) is 18.2. The van der Waals surface area contributed by atoms with Crippen LogP contribution in [0.25, 0.3) is 5.69 Å². The summed E-state index contributed by atoms with van der Waals surface area (Å²) >= 11 is 1.34. The third-order valence-electron chi connectivity index (χ3n) is 4.81. The molecule has 1 aromatic heterocycles. The van der Waals surface area contributed by atoms with Gasteiger partial charge in [0, 0.05) is 12.2 Å². The topological polar surface area (TPSA) is 78.3 Å². The Labute approximate surface area is 196 Å². The predicted octanol–water partition coefficient (Wildman–Crippen LogP) is 4.26. The van der Waals surface area contributed by atoms with Crippen LogP contribution in [0.4, 0.5) is 0 Å². The van der Waals surface area contributed by atoms with Gasteiger partial charge in [0.2, 0.25) is 5.91 Å². The fourth-order valence-electron chi connectivity index (χ4n) is 3.12. The SMILES string of the molecule is COc1ccc(OCc2nnc(SCC(=O)NCc3ccccc3)n2-c2ccccc2)cc1. The van der Waals surface area contributed by atoms with Crippen molar-refractivity contribution in [2.75, 3.05) is 12.9 Å². The molecular formula is C25H24N4O3S. The van der Waals surface area contributed by atoms with Crippen molar-refractivity contribution in [3.05, 3.63) is 96.3 Å². The molecule has 168 valence electrons. The van der Waals surface area contributed by atoms with Gasteiger partial charge < -0.3 is 14.8 Å². The van der Waals surface area contributed by atoms with Gasteiger partial charge in [-0.15, -0.1) is 10.2 Å². The zero-order chi connectivity index (χ0) is 22.9. The number of methoxy groups -OCH3 is 1. The third kappa shape index (κ3) is 6.14. The minimum Gasteiger partial charge on any atom is -0.497 e. The van der Waals surface area contributed by atoms with Gasteiger partial charge >= 0.3 is 0 Å². The Kier molecular flexibility index (Phi) is 7.60. The first-order valence-electron chi connectivity index (χ1n) is 10.4. The highest BCUT2D eigenvalue weighted by Gasteiger charge is 2.16. The molecule has 4 aromatic rings. The molecular weight excluding hydrogens is 436 g/mol. The normalized spacial score (nSPS) is 10.6. The van der Waals surface area contributed by atoms with Crippen LogP contribution >= 0.6 is 11.8 Å². The highest BCUT2D eigenvalue weighted by Crippen LogP contribution is 2.24. The van der Waals surface area contributed by atoms with E-state index in [9.17, 15) is 4.79 Å². The van der Waals surface area contributed by atoms with Crippen LogP contribution in [0.2, 0.25) is 0 Å². The molecule has 0 unspecified atom stereocenters. The van der Waals surface area contributed by atoms with E-state index in [0.717, 1.165) is 17.0 Å². The second-order valence-corrected chi connectivity index (χ2v) is 8.03. The van der Waals surface area contributed by atoms with E-state index in [1.807, 2.05) is 89.5 Å². The van der Waals surface area contributed by atoms with Gasteiger partial charge in [0.1, 0.15) is 18.1 Å². The number of aromatic nitrogens is 3. The van der Waals surface area contributed by atoms with E-state index in [-0.39, 0.29) is 18.3 Å². The van der Waals surface area contributed by atoms with Crippen LogP contribution in [-0.2, 0) is 17.9 Å². The van der Waals surface area contributed by atoms with E-state index in [0.29, 0.717) is 23.3 Å². The summed E-state index contributed by atoms with van der Waals surface area (Å²) < 4.78 is 13.0. The number of hydrogen-bond donors (Lipinski definition) is 1.